The second-order valence-electron chi connectivity index (χ2n) is 6.98. The molecule has 0 aliphatic carbocycles. The molecule has 0 spiro atoms. The highest BCUT2D eigenvalue weighted by molar-refractivity contribution is 7.13. The van der Waals surface area contributed by atoms with Crippen LogP contribution in [0.2, 0.25) is 5.02 Å². The van der Waals surface area contributed by atoms with Crippen LogP contribution in [0.1, 0.15) is 18.2 Å². The zero-order valence-electron chi connectivity index (χ0n) is 17.2. The van der Waals surface area contributed by atoms with Gasteiger partial charge in [-0.15, -0.1) is 11.3 Å². The Morgan fingerprint density at radius 3 is 2.84 bits per heavy atom. The van der Waals surface area contributed by atoms with Crippen LogP contribution in [0.5, 0.6) is 17.2 Å². The number of benzene rings is 2. The Bertz CT molecular complexity index is 1050. The number of rotatable bonds is 8. The average Bonchev–Trinajstić information content (AvgIpc) is 3.23. The number of aromatic nitrogens is 1. The van der Waals surface area contributed by atoms with E-state index in [2.05, 4.69) is 10.3 Å². The van der Waals surface area contributed by atoms with Gasteiger partial charge in [-0.05, 0) is 55.3 Å². The van der Waals surface area contributed by atoms with Gasteiger partial charge in [-0.1, -0.05) is 11.6 Å². The molecule has 0 fully saturated rings. The van der Waals surface area contributed by atoms with Gasteiger partial charge < -0.3 is 19.5 Å². The maximum atomic E-state index is 12.3. The van der Waals surface area contributed by atoms with Gasteiger partial charge in [0, 0.05) is 17.5 Å². The maximum Gasteiger partial charge on any atom is 0.226 e. The number of fused-ring (bicyclic) bond motifs is 1. The lowest BCUT2D eigenvalue weighted by atomic mass is 10.1. The number of hydrogen-bond donors (Lipinski definition) is 1. The second-order valence-corrected chi connectivity index (χ2v) is 8.25. The summed E-state index contributed by atoms with van der Waals surface area (Å²) in [6, 6.07) is 11.6. The Morgan fingerprint density at radius 1 is 1.23 bits per heavy atom. The molecule has 3 aromatic rings. The molecule has 2 aromatic carbocycles. The molecule has 4 rings (SSSR count). The molecule has 1 aliphatic rings. The standard InChI is InChI=1S/C23H23ClN2O4S/c1-2-28-18-5-3-16(4-6-18)23-26-17(14-31-23)13-21(27)25-8-7-15-11-19(24)22-20(12-15)29-9-10-30-22/h3-6,11-12,14H,2,7-10,13H2,1H3,(H,25,27). The maximum absolute atomic E-state index is 12.3. The molecule has 0 saturated carbocycles. The van der Waals surface area contributed by atoms with Crippen molar-refractivity contribution in [2.75, 3.05) is 26.4 Å². The fourth-order valence-electron chi connectivity index (χ4n) is 3.26. The predicted octanol–water partition coefficient (Wildman–Crippen LogP) is 4.53. The third-order valence-corrected chi connectivity index (χ3v) is 5.92. The first-order chi connectivity index (χ1) is 15.1. The molecular weight excluding hydrogens is 436 g/mol. The number of nitrogens with zero attached hydrogens (tertiary/aromatic N) is 1. The number of carbonyl (C=O) groups is 1. The fourth-order valence-corrected chi connectivity index (χ4v) is 4.38. The van der Waals surface area contributed by atoms with Crippen molar-refractivity contribution >= 4 is 28.8 Å². The minimum Gasteiger partial charge on any atom is -0.494 e. The van der Waals surface area contributed by atoms with E-state index in [0.29, 0.717) is 49.3 Å². The van der Waals surface area contributed by atoms with Gasteiger partial charge in [-0.25, -0.2) is 4.98 Å². The third-order valence-electron chi connectivity index (χ3n) is 4.70. The molecule has 162 valence electrons. The van der Waals surface area contributed by atoms with Crippen molar-refractivity contribution in [2.24, 2.45) is 0 Å². The van der Waals surface area contributed by atoms with E-state index in [1.807, 2.05) is 48.7 Å². The van der Waals surface area contributed by atoms with Crippen molar-refractivity contribution in [3.8, 4) is 27.8 Å². The van der Waals surface area contributed by atoms with Gasteiger partial charge in [0.1, 0.15) is 24.0 Å². The van der Waals surface area contributed by atoms with Crippen LogP contribution < -0.4 is 19.5 Å². The Labute approximate surface area is 190 Å². The molecule has 2 heterocycles. The molecule has 6 nitrogen and oxygen atoms in total. The predicted molar refractivity (Wildman–Crippen MR) is 122 cm³/mol. The van der Waals surface area contributed by atoms with Gasteiger partial charge >= 0.3 is 0 Å². The number of hydrogen-bond acceptors (Lipinski definition) is 6. The first-order valence-electron chi connectivity index (χ1n) is 10.1. The molecule has 1 aliphatic heterocycles. The van der Waals surface area contributed by atoms with Crippen LogP contribution in [0.4, 0.5) is 0 Å². The Morgan fingerprint density at radius 2 is 2.03 bits per heavy atom. The van der Waals surface area contributed by atoms with Crippen molar-refractivity contribution in [1.82, 2.24) is 10.3 Å². The molecule has 1 amide bonds. The fraction of sp³-hybridized carbons (Fsp3) is 0.304. The summed E-state index contributed by atoms with van der Waals surface area (Å²) in [4.78, 5) is 16.9. The molecular formula is C23H23ClN2O4S. The van der Waals surface area contributed by atoms with Crippen LogP contribution in [-0.4, -0.2) is 37.3 Å². The molecule has 31 heavy (non-hydrogen) atoms. The normalized spacial score (nSPS) is 12.5. The average molecular weight is 459 g/mol. The van der Waals surface area contributed by atoms with E-state index in [4.69, 9.17) is 25.8 Å². The van der Waals surface area contributed by atoms with E-state index in [0.717, 1.165) is 27.6 Å². The van der Waals surface area contributed by atoms with E-state index in [9.17, 15) is 4.79 Å². The lowest BCUT2D eigenvalue weighted by Gasteiger charge is -2.20. The summed E-state index contributed by atoms with van der Waals surface area (Å²) in [5.41, 5.74) is 2.75. The van der Waals surface area contributed by atoms with Gasteiger partial charge in [0.15, 0.2) is 11.5 Å². The highest BCUT2D eigenvalue weighted by atomic mass is 35.5. The smallest absolute Gasteiger partial charge is 0.226 e. The summed E-state index contributed by atoms with van der Waals surface area (Å²) < 4.78 is 16.6. The third kappa shape index (κ3) is 5.48. The van der Waals surface area contributed by atoms with Crippen LogP contribution in [0.3, 0.4) is 0 Å². The zero-order valence-corrected chi connectivity index (χ0v) is 18.7. The van der Waals surface area contributed by atoms with E-state index < -0.39 is 0 Å². The highest BCUT2D eigenvalue weighted by Gasteiger charge is 2.16. The minimum atomic E-state index is -0.0628. The molecule has 1 N–H and O–H groups in total. The summed E-state index contributed by atoms with van der Waals surface area (Å²) >= 11 is 7.79. The quantitative estimate of drug-likeness (QED) is 0.537. The molecule has 0 saturated heterocycles. The topological polar surface area (TPSA) is 69.7 Å². The number of halogens is 1. The highest BCUT2D eigenvalue weighted by Crippen LogP contribution is 2.38. The number of nitrogens with one attached hydrogen (secondary N) is 1. The summed E-state index contributed by atoms with van der Waals surface area (Å²) in [6.07, 6.45) is 0.895. The molecule has 1 aromatic heterocycles. The van der Waals surface area contributed by atoms with Gasteiger partial charge in [0.25, 0.3) is 0 Å². The molecule has 0 bridgehead atoms. The minimum absolute atomic E-state index is 0.0628. The summed E-state index contributed by atoms with van der Waals surface area (Å²) in [7, 11) is 0. The van der Waals surface area contributed by atoms with Gasteiger partial charge in [0.2, 0.25) is 5.91 Å². The first kappa shape index (κ1) is 21.5. The van der Waals surface area contributed by atoms with Crippen molar-refractivity contribution in [3.63, 3.8) is 0 Å². The van der Waals surface area contributed by atoms with Crippen LogP contribution in [-0.2, 0) is 17.6 Å². The van der Waals surface area contributed by atoms with Crippen molar-refractivity contribution in [1.29, 1.82) is 0 Å². The largest absolute Gasteiger partial charge is 0.494 e. The Kier molecular flexibility index (Phi) is 6.94. The number of carbonyl (C=O) groups excluding carboxylic acids is 1. The Balaban J connectivity index is 1.28. The van der Waals surface area contributed by atoms with E-state index in [1.54, 1.807) is 0 Å². The second kappa shape index (κ2) is 10.0. The molecule has 0 radical (unpaired) electrons. The number of thiazole rings is 1. The van der Waals surface area contributed by atoms with Gasteiger partial charge in [0.05, 0.1) is 23.7 Å². The van der Waals surface area contributed by atoms with Crippen molar-refractivity contribution in [2.45, 2.75) is 19.8 Å². The van der Waals surface area contributed by atoms with Crippen LogP contribution in [0, 0.1) is 0 Å². The summed E-state index contributed by atoms with van der Waals surface area (Å²) in [5.74, 6) is 2.02. The molecule has 8 heteroatoms. The van der Waals surface area contributed by atoms with Crippen LogP contribution in [0.25, 0.3) is 10.6 Å². The lowest BCUT2D eigenvalue weighted by Crippen LogP contribution is -2.27. The summed E-state index contributed by atoms with van der Waals surface area (Å²) in [6.45, 7) is 4.11. The first-order valence-corrected chi connectivity index (χ1v) is 11.4. The number of amides is 1. The Hall–Kier alpha value is -2.77. The molecule has 0 unspecified atom stereocenters. The summed E-state index contributed by atoms with van der Waals surface area (Å²) in [5, 5.41) is 6.28. The van der Waals surface area contributed by atoms with Crippen LogP contribution in [0.15, 0.2) is 41.8 Å². The lowest BCUT2D eigenvalue weighted by molar-refractivity contribution is -0.120. The SMILES string of the molecule is CCOc1ccc(-c2nc(CC(=O)NCCc3cc(Cl)c4c(c3)OCCO4)cs2)cc1. The molecule has 0 atom stereocenters. The van der Waals surface area contributed by atoms with E-state index in [1.165, 1.54) is 11.3 Å². The van der Waals surface area contributed by atoms with Gasteiger partial charge in [-0.3, -0.25) is 4.79 Å². The van der Waals surface area contributed by atoms with Crippen LogP contribution >= 0.6 is 22.9 Å². The van der Waals surface area contributed by atoms with Crippen molar-refractivity contribution in [3.05, 3.63) is 58.1 Å². The van der Waals surface area contributed by atoms with E-state index in [-0.39, 0.29) is 12.3 Å². The zero-order chi connectivity index (χ0) is 21.6. The number of ether oxygens (including phenoxy) is 3. The van der Waals surface area contributed by atoms with Crippen molar-refractivity contribution < 1.29 is 19.0 Å². The van der Waals surface area contributed by atoms with E-state index >= 15 is 0 Å². The van der Waals surface area contributed by atoms with Gasteiger partial charge in [-0.2, -0.15) is 0 Å². The monoisotopic (exact) mass is 458 g/mol.